The number of ether oxygens (including phenoxy) is 1. The molecule has 0 atom stereocenters. The summed E-state index contributed by atoms with van der Waals surface area (Å²) >= 11 is 0. The molecule has 0 bridgehead atoms. The van der Waals surface area contributed by atoms with Gasteiger partial charge >= 0.3 is 12.4 Å². The van der Waals surface area contributed by atoms with E-state index in [0.717, 1.165) is 50.2 Å². The molecule has 3 N–H and O–H groups in total. The van der Waals surface area contributed by atoms with Crippen LogP contribution < -0.4 is 10.5 Å². The second kappa shape index (κ2) is 13.5. The number of rotatable bonds is 9. The van der Waals surface area contributed by atoms with Crippen molar-refractivity contribution < 1.29 is 46.3 Å². The Balaban J connectivity index is 1.14. The summed E-state index contributed by atoms with van der Waals surface area (Å²) < 4.78 is 83.9. The maximum atomic E-state index is 13.3. The van der Waals surface area contributed by atoms with Gasteiger partial charge in [-0.1, -0.05) is 12.1 Å². The molecule has 2 saturated heterocycles. The van der Waals surface area contributed by atoms with Gasteiger partial charge in [0, 0.05) is 50.9 Å². The van der Waals surface area contributed by atoms with Crippen molar-refractivity contribution >= 4 is 17.3 Å². The summed E-state index contributed by atoms with van der Waals surface area (Å²) in [6.07, 6.45) is -6.15. The molecule has 0 saturated carbocycles. The Hall–Kier alpha value is -3.07. The molecule has 4 rings (SSSR count). The highest BCUT2D eigenvalue weighted by Crippen LogP contribution is 2.38. The number of hydrogen-bond donors (Lipinski definition) is 3. The van der Waals surface area contributed by atoms with Crippen LogP contribution in [0.5, 0.6) is 0 Å². The van der Waals surface area contributed by atoms with E-state index in [1.165, 1.54) is 18.2 Å². The highest BCUT2D eigenvalue weighted by molar-refractivity contribution is 5.76. The molecule has 1 amide bonds. The molecule has 2 fully saturated rings. The topological polar surface area (TPSA) is 88.5 Å². The third-order valence-electron chi connectivity index (χ3n) is 7.68. The zero-order valence-electron chi connectivity index (χ0n) is 22.8. The molecule has 42 heavy (non-hydrogen) atoms. The number of hydrogen-bond acceptors (Lipinski definition) is 7. The fourth-order valence-corrected chi connectivity index (χ4v) is 5.25. The van der Waals surface area contributed by atoms with Crippen LogP contribution in [0.4, 0.5) is 37.7 Å². The predicted molar refractivity (Wildman–Crippen MR) is 141 cm³/mol. The van der Waals surface area contributed by atoms with E-state index in [2.05, 4.69) is 10.2 Å². The van der Waals surface area contributed by atoms with Crippen LogP contribution in [0.15, 0.2) is 42.5 Å². The van der Waals surface area contributed by atoms with Crippen molar-refractivity contribution in [2.24, 2.45) is 0 Å². The van der Waals surface area contributed by atoms with E-state index in [-0.39, 0.29) is 30.3 Å². The van der Waals surface area contributed by atoms with Gasteiger partial charge in [0.15, 0.2) is 0 Å². The Labute approximate surface area is 239 Å². The summed E-state index contributed by atoms with van der Waals surface area (Å²) in [5, 5.41) is 20.7. The first-order chi connectivity index (χ1) is 19.8. The second-order valence-electron chi connectivity index (χ2n) is 10.6. The van der Waals surface area contributed by atoms with Crippen molar-refractivity contribution in [1.82, 2.24) is 9.80 Å². The zero-order chi connectivity index (χ0) is 30.5. The van der Waals surface area contributed by atoms with E-state index in [4.69, 9.17) is 15.2 Å². The molecule has 0 aliphatic carbocycles. The molecule has 14 heteroatoms. The van der Waals surface area contributed by atoms with Crippen LogP contribution in [-0.2, 0) is 28.5 Å². The maximum absolute atomic E-state index is 13.3. The molecule has 0 unspecified atom stereocenters. The van der Waals surface area contributed by atoms with Crippen molar-refractivity contribution in [3.8, 4) is 0 Å². The molecule has 0 radical (unpaired) electrons. The van der Waals surface area contributed by atoms with E-state index >= 15 is 0 Å². The number of carbonyl (C=O) groups excluding carboxylic acids is 1. The largest absolute Gasteiger partial charge is 0.418 e. The van der Waals surface area contributed by atoms with Crippen LogP contribution in [0.25, 0.3) is 0 Å². The van der Waals surface area contributed by atoms with Gasteiger partial charge in [0.1, 0.15) is 5.69 Å². The Morgan fingerprint density at radius 3 is 2.12 bits per heavy atom. The van der Waals surface area contributed by atoms with Crippen LogP contribution in [0.2, 0.25) is 0 Å². The molecule has 8 nitrogen and oxygen atoms in total. The van der Waals surface area contributed by atoms with Crippen LogP contribution in [-0.4, -0.2) is 71.0 Å². The Morgan fingerprint density at radius 1 is 0.905 bits per heavy atom. The minimum absolute atomic E-state index is 0.000372. The van der Waals surface area contributed by atoms with Gasteiger partial charge in [0.05, 0.1) is 23.8 Å². The van der Waals surface area contributed by atoms with Crippen molar-refractivity contribution in [2.75, 3.05) is 43.3 Å². The molecular weight excluding hydrogens is 570 g/mol. The van der Waals surface area contributed by atoms with E-state index in [1.54, 1.807) is 4.90 Å². The average Bonchev–Trinajstić information content (AvgIpc) is 2.95. The molecule has 2 aliphatic heterocycles. The van der Waals surface area contributed by atoms with Gasteiger partial charge in [-0.3, -0.25) is 15.2 Å². The number of piperidine rings is 2. The van der Waals surface area contributed by atoms with Crippen molar-refractivity contribution in [3.63, 3.8) is 0 Å². The lowest BCUT2D eigenvalue weighted by atomic mass is 10.0. The van der Waals surface area contributed by atoms with Gasteiger partial charge in [0.2, 0.25) is 5.91 Å². The minimum Gasteiger partial charge on any atom is -0.382 e. The van der Waals surface area contributed by atoms with Gasteiger partial charge in [-0.15, -0.1) is 5.23 Å². The van der Waals surface area contributed by atoms with E-state index in [9.17, 15) is 31.1 Å². The lowest BCUT2D eigenvalue weighted by molar-refractivity contribution is -0.139. The fraction of sp³-hybridized carbons (Fsp3) is 0.536. The molecule has 0 aromatic heterocycles. The maximum Gasteiger partial charge on any atom is 0.418 e. The number of benzene rings is 2. The lowest BCUT2D eigenvalue weighted by Crippen LogP contribution is -2.44. The molecule has 2 aromatic rings. The lowest BCUT2D eigenvalue weighted by Gasteiger charge is -2.35. The highest BCUT2D eigenvalue weighted by atomic mass is 19.4. The predicted octanol–water partition coefficient (Wildman–Crippen LogP) is 5.78. The van der Waals surface area contributed by atoms with Gasteiger partial charge in [-0.25, -0.2) is 0 Å². The molecule has 2 heterocycles. The molecule has 0 spiro atoms. The van der Waals surface area contributed by atoms with Crippen LogP contribution in [0.1, 0.15) is 48.8 Å². The SMILES string of the molecule is O=C(CCN1CCC(OCc2ccc(C(F)(F)F)cc2)CC1)N1CCC(Nc2ccc(N(O)O)c(C(F)(F)F)c2)CC1. The third-order valence-corrected chi connectivity index (χ3v) is 7.68. The highest BCUT2D eigenvalue weighted by Gasteiger charge is 2.36. The third kappa shape index (κ3) is 8.72. The summed E-state index contributed by atoms with van der Waals surface area (Å²) in [4.78, 5) is 16.7. The van der Waals surface area contributed by atoms with E-state index < -0.39 is 34.4 Å². The Kier molecular flexibility index (Phi) is 10.2. The molecule has 2 aliphatic rings. The standard InChI is InChI=1S/C28H34F6N4O4/c29-27(30,31)20-3-1-19(2-4-20)18-42-23-9-12-36(13-10-23)14-11-26(39)37-15-7-21(8-16-37)35-22-5-6-25(38(40)41)24(17-22)28(32,33)34/h1-6,17,21,23,35,40-41H,7-16,18H2. The monoisotopic (exact) mass is 604 g/mol. The van der Waals surface area contributed by atoms with Gasteiger partial charge in [0.25, 0.3) is 0 Å². The first kappa shape index (κ1) is 31.9. The number of carbonyl (C=O) groups is 1. The quantitative estimate of drug-likeness (QED) is 0.247. The van der Waals surface area contributed by atoms with Crippen LogP contribution in [0.3, 0.4) is 0 Å². The van der Waals surface area contributed by atoms with Crippen LogP contribution >= 0.6 is 0 Å². The number of nitrogens with zero attached hydrogens (tertiary/aromatic N) is 3. The summed E-state index contributed by atoms with van der Waals surface area (Å²) in [7, 11) is 0. The molecular formula is C28H34F6N4O4. The van der Waals surface area contributed by atoms with E-state index in [0.29, 0.717) is 44.5 Å². The average molecular weight is 605 g/mol. The molecule has 2 aromatic carbocycles. The first-order valence-corrected chi connectivity index (χ1v) is 13.7. The first-order valence-electron chi connectivity index (χ1n) is 13.7. The second-order valence-corrected chi connectivity index (χ2v) is 10.6. The Morgan fingerprint density at radius 2 is 1.55 bits per heavy atom. The Bertz CT molecular complexity index is 1180. The van der Waals surface area contributed by atoms with E-state index in [1.807, 2.05) is 0 Å². The van der Waals surface area contributed by atoms with Crippen molar-refractivity contribution in [3.05, 3.63) is 59.2 Å². The smallest absolute Gasteiger partial charge is 0.382 e. The number of anilines is 2. The summed E-state index contributed by atoms with van der Waals surface area (Å²) in [5.74, 6) is 0.0174. The molecule has 232 valence electrons. The number of nitrogens with one attached hydrogen (secondary N) is 1. The summed E-state index contributed by atoms with van der Waals surface area (Å²) in [6, 6.07) is 7.94. The van der Waals surface area contributed by atoms with Gasteiger partial charge in [-0.05, 0) is 61.6 Å². The fourth-order valence-electron chi connectivity index (χ4n) is 5.25. The number of halogens is 6. The van der Waals surface area contributed by atoms with Gasteiger partial charge < -0.3 is 19.9 Å². The summed E-state index contributed by atoms with van der Waals surface area (Å²) in [6.45, 7) is 3.29. The number of amides is 1. The minimum atomic E-state index is -4.77. The number of alkyl halides is 6. The normalized spacial score (nSPS) is 17.9. The number of likely N-dealkylation sites (tertiary alicyclic amines) is 2. The van der Waals surface area contributed by atoms with Crippen LogP contribution in [0, 0.1) is 0 Å². The van der Waals surface area contributed by atoms with Crippen molar-refractivity contribution in [2.45, 2.75) is 63.2 Å². The zero-order valence-corrected chi connectivity index (χ0v) is 22.8. The van der Waals surface area contributed by atoms with Crippen molar-refractivity contribution in [1.29, 1.82) is 0 Å². The van der Waals surface area contributed by atoms with Gasteiger partial charge in [-0.2, -0.15) is 26.3 Å². The summed E-state index contributed by atoms with van der Waals surface area (Å²) in [5.41, 5.74) is -1.77.